The van der Waals surface area contributed by atoms with E-state index in [0.29, 0.717) is 24.4 Å². The number of amides is 1. The molecule has 0 saturated heterocycles. The molecule has 0 aliphatic rings. The fraction of sp³-hybridized carbons (Fsp3) is 0.267. The van der Waals surface area contributed by atoms with E-state index in [1.807, 2.05) is 25.1 Å². The van der Waals surface area contributed by atoms with Crippen molar-refractivity contribution in [2.24, 2.45) is 0 Å². The van der Waals surface area contributed by atoms with Crippen LogP contribution in [0.1, 0.15) is 26.6 Å². The predicted octanol–water partition coefficient (Wildman–Crippen LogP) is 2.81. The number of carbonyl (C=O) groups is 2. The van der Waals surface area contributed by atoms with E-state index in [1.54, 1.807) is 0 Å². The molecule has 0 unspecified atom stereocenters. The summed E-state index contributed by atoms with van der Waals surface area (Å²) in [5.74, 6) is -1.09. The van der Waals surface area contributed by atoms with E-state index < -0.39 is 5.97 Å². The van der Waals surface area contributed by atoms with Gasteiger partial charge in [-0.05, 0) is 30.2 Å². The fourth-order valence-electron chi connectivity index (χ4n) is 1.93. The molecule has 0 aliphatic heterocycles. The number of nitrogens with one attached hydrogen (secondary N) is 1. The molecular weight excluding hydrogens is 368 g/mol. The van der Waals surface area contributed by atoms with Gasteiger partial charge in [0, 0.05) is 22.8 Å². The van der Waals surface area contributed by atoms with Gasteiger partial charge in [-0.25, -0.2) is 9.78 Å². The van der Waals surface area contributed by atoms with Crippen molar-refractivity contribution in [2.45, 2.75) is 19.8 Å². The van der Waals surface area contributed by atoms with Gasteiger partial charge >= 0.3 is 5.97 Å². The highest BCUT2D eigenvalue weighted by Crippen LogP contribution is 2.16. The molecule has 0 bridgehead atoms. The van der Waals surface area contributed by atoms with E-state index in [1.165, 1.54) is 16.7 Å². The standard InChI is InChI=1S/C15H15BrN2O3S/c1-9-6-11(16)3-2-10(9)7-13(19)17-5-4-14-18-12(8-22-14)15(20)21/h2-3,6,8H,4-5,7H2,1H3,(H,17,19)(H,20,21). The molecule has 7 heteroatoms. The summed E-state index contributed by atoms with van der Waals surface area (Å²) in [5, 5.41) is 13.8. The number of aromatic nitrogens is 1. The summed E-state index contributed by atoms with van der Waals surface area (Å²) in [4.78, 5) is 26.6. The second kappa shape index (κ2) is 7.51. The summed E-state index contributed by atoms with van der Waals surface area (Å²) >= 11 is 4.68. The van der Waals surface area contributed by atoms with E-state index in [2.05, 4.69) is 26.2 Å². The van der Waals surface area contributed by atoms with Crippen molar-refractivity contribution in [3.63, 3.8) is 0 Å². The number of nitrogens with zero attached hydrogens (tertiary/aromatic N) is 1. The van der Waals surface area contributed by atoms with Crippen LogP contribution in [-0.4, -0.2) is 28.5 Å². The number of rotatable bonds is 6. The molecular formula is C15H15BrN2O3S. The molecule has 0 radical (unpaired) electrons. The van der Waals surface area contributed by atoms with Gasteiger partial charge in [0.1, 0.15) is 0 Å². The summed E-state index contributed by atoms with van der Waals surface area (Å²) in [6.07, 6.45) is 0.861. The van der Waals surface area contributed by atoms with Gasteiger partial charge in [0.05, 0.1) is 11.4 Å². The zero-order valence-electron chi connectivity index (χ0n) is 11.9. The van der Waals surface area contributed by atoms with Crippen LogP contribution in [0, 0.1) is 6.92 Å². The molecule has 2 aromatic rings. The number of carbonyl (C=O) groups excluding carboxylic acids is 1. The second-order valence-electron chi connectivity index (χ2n) is 4.78. The van der Waals surface area contributed by atoms with Crippen LogP contribution < -0.4 is 5.32 Å². The van der Waals surface area contributed by atoms with Crippen LogP contribution in [0.5, 0.6) is 0 Å². The summed E-state index contributed by atoms with van der Waals surface area (Å²) in [6, 6.07) is 5.82. The monoisotopic (exact) mass is 382 g/mol. The molecule has 1 aromatic carbocycles. The van der Waals surface area contributed by atoms with Crippen molar-refractivity contribution >= 4 is 39.1 Å². The van der Waals surface area contributed by atoms with Crippen LogP contribution in [-0.2, 0) is 17.6 Å². The maximum Gasteiger partial charge on any atom is 0.355 e. The molecule has 22 heavy (non-hydrogen) atoms. The molecule has 0 atom stereocenters. The first-order valence-corrected chi connectivity index (χ1v) is 8.32. The van der Waals surface area contributed by atoms with Crippen molar-refractivity contribution in [2.75, 3.05) is 6.54 Å². The lowest BCUT2D eigenvalue weighted by molar-refractivity contribution is -0.120. The molecule has 1 aromatic heterocycles. The molecule has 1 heterocycles. The Balaban J connectivity index is 1.81. The summed E-state index contributed by atoms with van der Waals surface area (Å²) in [6.45, 7) is 2.41. The molecule has 0 spiro atoms. The van der Waals surface area contributed by atoms with Gasteiger partial charge in [-0.1, -0.05) is 22.0 Å². The minimum Gasteiger partial charge on any atom is -0.476 e. The van der Waals surface area contributed by atoms with Gasteiger partial charge in [0.25, 0.3) is 0 Å². The number of aryl methyl sites for hydroxylation is 1. The first-order valence-electron chi connectivity index (χ1n) is 6.65. The number of hydrogen-bond acceptors (Lipinski definition) is 4. The molecule has 0 aliphatic carbocycles. The lowest BCUT2D eigenvalue weighted by atomic mass is 10.1. The second-order valence-corrected chi connectivity index (χ2v) is 6.64. The van der Waals surface area contributed by atoms with E-state index in [-0.39, 0.29) is 11.6 Å². The normalized spacial score (nSPS) is 10.5. The van der Waals surface area contributed by atoms with Gasteiger partial charge in [0.15, 0.2) is 5.69 Å². The topological polar surface area (TPSA) is 79.3 Å². The average molecular weight is 383 g/mol. The Hall–Kier alpha value is -1.73. The first-order chi connectivity index (χ1) is 10.5. The van der Waals surface area contributed by atoms with E-state index in [4.69, 9.17) is 5.11 Å². The van der Waals surface area contributed by atoms with E-state index in [0.717, 1.165) is 15.6 Å². The maximum absolute atomic E-state index is 11.9. The number of carboxylic acid groups (broad SMARTS) is 1. The molecule has 2 rings (SSSR count). The Kier molecular flexibility index (Phi) is 5.68. The molecule has 0 saturated carbocycles. The van der Waals surface area contributed by atoms with Crippen LogP contribution in [0.15, 0.2) is 28.1 Å². The smallest absolute Gasteiger partial charge is 0.355 e. The van der Waals surface area contributed by atoms with Crippen molar-refractivity contribution in [1.29, 1.82) is 0 Å². The third-order valence-corrected chi connectivity index (χ3v) is 4.49. The quantitative estimate of drug-likeness (QED) is 0.804. The Bertz CT molecular complexity index is 700. The lowest BCUT2D eigenvalue weighted by Gasteiger charge is -2.07. The Labute approximate surface area is 140 Å². The van der Waals surface area contributed by atoms with Gasteiger partial charge in [-0.3, -0.25) is 4.79 Å². The Morgan fingerprint density at radius 2 is 2.18 bits per heavy atom. The number of carboxylic acids is 1. The average Bonchev–Trinajstić information content (AvgIpc) is 2.91. The molecule has 1 amide bonds. The molecule has 5 nitrogen and oxygen atoms in total. The number of benzene rings is 1. The van der Waals surface area contributed by atoms with Gasteiger partial charge in [-0.15, -0.1) is 11.3 Å². The van der Waals surface area contributed by atoms with Crippen molar-refractivity contribution in [1.82, 2.24) is 10.3 Å². The zero-order chi connectivity index (χ0) is 16.1. The highest BCUT2D eigenvalue weighted by Gasteiger charge is 2.09. The Morgan fingerprint density at radius 3 is 2.82 bits per heavy atom. The SMILES string of the molecule is Cc1cc(Br)ccc1CC(=O)NCCc1nc(C(=O)O)cs1. The van der Waals surface area contributed by atoms with Crippen LogP contribution in [0.3, 0.4) is 0 Å². The van der Waals surface area contributed by atoms with Crippen LogP contribution in [0.25, 0.3) is 0 Å². The van der Waals surface area contributed by atoms with Crippen molar-refractivity contribution < 1.29 is 14.7 Å². The summed E-state index contributed by atoms with van der Waals surface area (Å²) in [5.41, 5.74) is 2.11. The predicted molar refractivity (Wildman–Crippen MR) is 88.4 cm³/mol. The van der Waals surface area contributed by atoms with Gasteiger partial charge in [-0.2, -0.15) is 0 Å². The highest BCUT2D eigenvalue weighted by atomic mass is 79.9. The molecule has 2 N–H and O–H groups in total. The Morgan fingerprint density at radius 1 is 1.41 bits per heavy atom. The summed E-state index contributed by atoms with van der Waals surface area (Å²) in [7, 11) is 0. The van der Waals surface area contributed by atoms with Crippen LogP contribution >= 0.6 is 27.3 Å². The minimum atomic E-state index is -1.03. The molecule has 116 valence electrons. The first kappa shape index (κ1) is 16.6. The number of hydrogen-bond donors (Lipinski definition) is 2. The maximum atomic E-state index is 11.9. The molecule has 0 fully saturated rings. The van der Waals surface area contributed by atoms with Gasteiger partial charge < -0.3 is 10.4 Å². The number of aromatic carboxylic acids is 1. The lowest BCUT2D eigenvalue weighted by Crippen LogP contribution is -2.27. The van der Waals surface area contributed by atoms with Gasteiger partial charge in [0.2, 0.25) is 5.91 Å². The van der Waals surface area contributed by atoms with Crippen LogP contribution in [0.4, 0.5) is 0 Å². The van der Waals surface area contributed by atoms with E-state index >= 15 is 0 Å². The third kappa shape index (κ3) is 4.64. The van der Waals surface area contributed by atoms with Crippen LogP contribution in [0.2, 0.25) is 0 Å². The van der Waals surface area contributed by atoms with Crippen molar-refractivity contribution in [3.8, 4) is 0 Å². The van der Waals surface area contributed by atoms with Crippen molar-refractivity contribution in [3.05, 3.63) is 49.9 Å². The fourth-order valence-corrected chi connectivity index (χ4v) is 3.17. The summed E-state index contributed by atoms with van der Waals surface area (Å²) < 4.78 is 0.993. The highest BCUT2D eigenvalue weighted by molar-refractivity contribution is 9.10. The largest absolute Gasteiger partial charge is 0.476 e. The number of halogens is 1. The van der Waals surface area contributed by atoms with E-state index in [9.17, 15) is 9.59 Å². The number of thiazole rings is 1. The zero-order valence-corrected chi connectivity index (χ0v) is 14.3. The minimum absolute atomic E-state index is 0.0526. The third-order valence-electron chi connectivity index (χ3n) is 3.09.